The molecule has 1 unspecified atom stereocenters. The number of nitrogens with zero attached hydrogens (tertiary/aromatic N) is 1. The Balaban J connectivity index is 3.03. The number of hydrogen-bond donors (Lipinski definition) is 1. The molecular formula is C14H19NO4. The van der Waals surface area contributed by atoms with E-state index in [0.29, 0.717) is 12.1 Å². The van der Waals surface area contributed by atoms with E-state index in [9.17, 15) is 9.59 Å². The van der Waals surface area contributed by atoms with E-state index in [-0.39, 0.29) is 13.0 Å². The fourth-order valence-corrected chi connectivity index (χ4v) is 1.87. The van der Waals surface area contributed by atoms with Crippen LogP contribution in [0.2, 0.25) is 0 Å². The predicted octanol–water partition coefficient (Wildman–Crippen LogP) is 2.90. The minimum absolute atomic E-state index is 0.107. The molecule has 19 heavy (non-hydrogen) atoms. The third kappa shape index (κ3) is 4.28. The molecule has 5 nitrogen and oxygen atoms in total. The molecule has 0 spiro atoms. The minimum Gasteiger partial charge on any atom is -0.481 e. The summed E-state index contributed by atoms with van der Waals surface area (Å²) in [4.78, 5) is 24.4. The van der Waals surface area contributed by atoms with Crippen molar-refractivity contribution in [2.45, 2.75) is 32.7 Å². The van der Waals surface area contributed by atoms with E-state index in [1.807, 2.05) is 13.0 Å². The van der Waals surface area contributed by atoms with E-state index in [1.54, 1.807) is 31.2 Å². The summed E-state index contributed by atoms with van der Waals surface area (Å²) < 4.78 is 5.02. The zero-order chi connectivity index (χ0) is 14.3. The molecule has 0 heterocycles. The highest BCUT2D eigenvalue weighted by Crippen LogP contribution is 2.21. The van der Waals surface area contributed by atoms with Crippen molar-refractivity contribution in [2.75, 3.05) is 11.5 Å². The number of rotatable bonds is 6. The molecule has 1 N–H and O–H groups in total. The van der Waals surface area contributed by atoms with Gasteiger partial charge in [0.2, 0.25) is 0 Å². The first kappa shape index (κ1) is 15.0. The molecular weight excluding hydrogens is 246 g/mol. The highest BCUT2D eigenvalue weighted by Gasteiger charge is 2.27. The summed E-state index contributed by atoms with van der Waals surface area (Å²) in [5, 5.41) is 8.94. The molecule has 0 aliphatic rings. The Kier molecular flexibility index (Phi) is 5.85. The van der Waals surface area contributed by atoms with Gasteiger partial charge in [-0.15, -0.1) is 0 Å². The fraction of sp³-hybridized carbons (Fsp3) is 0.429. The van der Waals surface area contributed by atoms with Gasteiger partial charge in [0.05, 0.1) is 19.1 Å². The summed E-state index contributed by atoms with van der Waals surface area (Å²) in [6.45, 7) is 3.83. The second-order valence-corrected chi connectivity index (χ2v) is 4.06. The van der Waals surface area contributed by atoms with Gasteiger partial charge in [0.25, 0.3) is 0 Å². The summed E-state index contributed by atoms with van der Waals surface area (Å²) in [7, 11) is 0. The van der Waals surface area contributed by atoms with E-state index in [2.05, 4.69) is 0 Å². The second-order valence-electron chi connectivity index (χ2n) is 4.06. The summed E-state index contributed by atoms with van der Waals surface area (Å²) >= 11 is 0. The molecule has 1 aromatic rings. The molecule has 1 amide bonds. The summed E-state index contributed by atoms with van der Waals surface area (Å²) in [5.74, 6) is -0.933. The lowest BCUT2D eigenvalue weighted by Crippen LogP contribution is -2.41. The van der Waals surface area contributed by atoms with Crippen LogP contribution in [0.4, 0.5) is 10.5 Å². The number of aliphatic carboxylic acids is 1. The van der Waals surface area contributed by atoms with Gasteiger partial charge in [-0.05, 0) is 25.5 Å². The molecule has 0 aromatic heterocycles. The maximum Gasteiger partial charge on any atom is 0.414 e. The molecule has 5 heteroatoms. The number of para-hydroxylation sites is 1. The zero-order valence-electron chi connectivity index (χ0n) is 11.2. The van der Waals surface area contributed by atoms with E-state index in [1.165, 1.54) is 4.90 Å². The molecule has 1 rings (SSSR count). The van der Waals surface area contributed by atoms with Gasteiger partial charge in [0, 0.05) is 5.69 Å². The van der Waals surface area contributed by atoms with E-state index in [0.717, 1.165) is 0 Å². The largest absolute Gasteiger partial charge is 0.481 e. The summed E-state index contributed by atoms with van der Waals surface area (Å²) in [5.41, 5.74) is 0.647. The number of hydrogen-bond acceptors (Lipinski definition) is 3. The van der Waals surface area contributed by atoms with Crippen LogP contribution < -0.4 is 4.90 Å². The minimum atomic E-state index is -0.933. The van der Waals surface area contributed by atoms with Crippen molar-refractivity contribution in [3.8, 4) is 0 Å². The van der Waals surface area contributed by atoms with Crippen LogP contribution in [0.5, 0.6) is 0 Å². The highest BCUT2D eigenvalue weighted by molar-refractivity contribution is 5.89. The quantitative estimate of drug-likeness (QED) is 0.858. The number of amides is 1. The first-order chi connectivity index (χ1) is 9.10. The predicted molar refractivity (Wildman–Crippen MR) is 72.3 cm³/mol. The van der Waals surface area contributed by atoms with Gasteiger partial charge in [-0.25, -0.2) is 4.79 Å². The standard InChI is InChI=1S/C14H19NO4/c1-3-11(10-13(16)17)15(14(18)19-4-2)12-8-6-5-7-9-12/h5-9,11H,3-4,10H2,1-2H3,(H,16,17). The number of carboxylic acid groups (broad SMARTS) is 1. The Morgan fingerprint density at radius 3 is 2.37 bits per heavy atom. The first-order valence-corrected chi connectivity index (χ1v) is 6.33. The Labute approximate surface area is 112 Å². The van der Waals surface area contributed by atoms with Crippen molar-refractivity contribution in [2.24, 2.45) is 0 Å². The lowest BCUT2D eigenvalue weighted by Gasteiger charge is -2.29. The lowest BCUT2D eigenvalue weighted by molar-refractivity contribution is -0.137. The summed E-state index contributed by atoms with van der Waals surface area (Å²) in [6, 6.07) is 8.55. The average Bonchev–Trinajstić information content (AvgIpc) is 2.39. The van der Waals surface area contributed by atoms with Crippen molar-refractivity contribution < 1.29 is 19.4 Å². The van der Waals surface area contributed by atoms with Gasteiger partial charge < -0.3 is 9.84 Å². The van der Waals surface area contributed by atoms with Crippen LogP contribution in [0, 0.1) is 0 Å². The normalized spacial score (nSPS) is 11.7. The van der Waals surface area contributed by atoms with Crippen LogP contribution in [-0.2, 0) is 9.53 Å². The molecule has 1 atom stereocenters. The number of carboxylic acids is 1. The van der Waals surface area contributed by atoms with Gasteiger partial charge in [-0.2, -0.15) is 0 Å². The van der Waals surface area contributed by atoms with E-state index >= 15 is 0 Å². The molecule has 0 saturated heterocycles. The molecule has 1 aromatic carbocycles. The number of ether oxygens (including phenoxy) is 1. The molecule has 0 aliphatic carbocycles. The smallest absolute Gasteiger partial charge is 0.414 e. The van der Waals surface area contributed by atoms with Crippen LogP contribution in [-0.4, -0.2) is 29.8 Å². The average molecular weight is 265 g/mol. The van der Waals surface area contributed by atoms with Crippen LogP contribution >= 0.6 is 0 Å². The number of carbonyl (C=O) groups is 2. The van der Waals surface area contributed by atoms with Crippen molar-refractivity contribution in [1.82, 2.24) is 0 Å². The zero-order valence-corrected chi connectivity index (χ0v) is 11.2. The Hall–Kier alpha value is -2.04. The Morgan fingerprint density at radius 2 is 1.89 bits per heavy atom. The van der Waals surface area contributed by atoms with Crippen LogP contribution in [0.1, 0.15) is 26.7 Å². The van der Waals surface area contributed by atoms with Crippen molar-refractivity contribution in [3.63, 3.8) is 0 Å². The SMILES string of the molecule is CCOC(=O)N(c1ccccc1)C(CC)CC(=O)O. The monoisotopic (exact) mass is 265 g/mol. The Bertz CT molecular complexity index is 419. The van der Waals surface area contributed by atoms with Gasteiger partial charge in [-0.3, -0.25) is 9.69 Å². The van der Waals surface area contributed by atoms with Crippen molar-refractivity contribution in [1.29, 1.82) is 0 Å². The van der Waals surface area contributed by atoms with Crippen LogP contribution in [0.3, 0.4) is 0 Å². The highest BCUT2D eigenvalue weighted by atomic mass is 16.6. The van der Waals surface area contributed by atoms with Crippen LogP contribution in [0.25, 0.3) is 0 Å². The molecule has 0 aliphatic heterocycles. The van der Waals surface area contributed by atoms with Crippen molar-refractivity contribution >= 4 is 17.7 Å². The summed E-state index contributed by atoms with van der Waals surface area (Å²) in [6.07, 6.45) is -0.0775. The molecule has 0 bridgehead atoms. The van der Waals surface area contributed by atoms with Gasteiger partial charge in [0.1, 0.15) is 0 Å². The Morgan fingerprint density at radius 1 is 1.26 bits per heavy atom. The lowest BCUT2D eigenvalue weighted by atomic mass is 10.1. The maximum atomic E-state index is 12.0. The molecule has 104 valence electrons. The van der Waals surface area contributed by atoms with E-state index in [4.69, 9.17) is 9.84 Å². The number of anilines is 1. The molecule has 0 radical (unpaired) electrons. The van der Waals surface area contributed by atoms with Crippen molar-refractivity contribution in [3.05, 3.63) is 30.3 Å². The fourth-order valence-electron chi connectivity index (χ4n) is 1.87. The third-order valence-electron chi connectivity index (χ3n) is 2.75. The molecule has 0 fully saturated rings. The number of carbonyl (C=O) groups excluding carboxylic acids is 1. The van der Waals surface area contributed by atoms with Crippen LogP contribution in [0.15, 0.2) is 30.3 Å². The van der Waals surface area contributed by atoms with Gasteiger partial charge in [-0.1, -0.05) is 25.1 Å². The van der Waals surface area contributed by atoms with Gasteiger partial charge in [0.15, 0.2) is 0 Å². The second kappa shape index (κ2) is 7.41. The first-order valence-electron chi connectivity index (χ1n) is 6.33. The van der Waals surface area contributed by atoms with E-state index < -0.39 is 18.1 Å². The molecule has 0 saturated carbocycles. The maximum absolute atomic E-state index is 12.0. The van der Waals surface area contributed by atoms with Gasteiger partial charge >= 0.3 is 12.1 Å². The number of benzene rings is 1. The topological polar surface area (TPSA) is 66.8 Å². The third-order valence-corrected chi connectivity index (χ3v) is 2.75.